The van der Waals surface area contributed by atoms with Crippen molar-refractivity contribution in [3.05, 3.63) is 20.0 Å². The van der Waals surface area contributed by atoms with E-state index in [0.717, 1.165) is 0 Å². The van der Waals surface area contributed by atoms with Crippen molar-refractivity contribution in [1.82, 2.24) is 0 Å². The number of hydrogen-bond donors (Lipinski definition) is 0. The van der Waals surface area contributed by atoms with Gasteiger partial charge in [0.2, 0.25) is 0 Å². The molecule has 22 heavy (non-hydrogen) atoms. The van der Waals surface area contributed by atoms with E-state index in [0.29, 0.717) is 0 Å². The summed E-state index contributed by atoms with van der Waals surface area (Å²) in [6, 6.07) is 0. The number of allylic oxidation sites excluding steroid dienone is 4. The molecule has 127 valence electrons. The molecule has 0 unspecified atom stereocenters. The predicted molar refractivity (Wildman–Crippen MR) is 118 cm³/mol. The van der Waals surface area contributed by atoms with Gasteiger partial charge in [0.25, 0.3) is 0 Å². The second kappa shape index (κ2) is 7.85. The van der Waals surface area contributed by atoms with E-state index in [1.165, 1.54) is 0 Å². The fraction of sp³-hybridized carbons (Fsp3) is 0.765. The summed E-state index contributed by atoms with van der Waals surface area (Å²) in [7, 11) is -2.47. The molecule has 0 bridgehead atoms. The normalized spacial score (nSPS) is 17.2. The topological polar surface area (TPSA) is 0 Å². The standard InChI is InChI=1S/C9H27Si4.C8H12Ge/c1-11(2,3)10(12(4,5)6)13(7,8)9;1-5-6(2)8(4)9-7(5)3/h1-9H3;1-4H3. The van der Waals surface area contributed by atoms with Gasteiger partial charge < -0.3 is 0 Å². The third-order valence-corrected chi connectivity index (χ3v) is 66.0. The molecule has 1 aliphatic rings. The first-order valence-electron chi connectivity index (χ1n) is 8.50. The maximum Gasteiger partial charge on any atom is 0.0306 e. The Morgan fingerprint density at radius 1 is 0.545 bits per heavy atom. The van der Waals surface area contributed by atoms with Gasteiger partial charge in [-0.3, -0.25) is 0 Å². The smallest absolute Gasteiger partial charge is 0.0306 e. The van der Waals surface area contributed by atoms with Gasteiger partial charge in [0.1, 0.15) is 0 Å². The third kappa shape index (κ3) is 6.79. The zero-order chi connectivity index (χ0) is 18.1. The summed E-state index contributed by atoms with van der Waals surface area (Å²) in [5.41, 5.74) is 3.13. The minimum absolute atomic E-state index is 0.0255. The molecule has 0 spiro atoms. The minimum Gasteiger partial charge on any atom is -0.0721 e. The van der Waals surface area contributed by atoms with Crippen molar-refractivity contribution >= 4 is 45.6 Å². The van der Waals surface area contributed by atoms with Gasteiger partial charge in [-0.2, -0.15) is 0 Å². The van der Waals surface area contributed by atoms with Crippen LogP contribution in [-0.2, 0) is 0 Å². The summed E-state index contributed by atoms with van der Waals surface area (Å²) in [5.74, 6) is 0. The Labute approximate surface area is 151 Å². The molecule has 0 saturated heterocycles. The molecule has 0 aliphatic carbocycles. The molecule has 0 atom stereocenters. The molecule has 0 amide bonds. The van der Waals surface area contributed by atoms with Gasteiger partial charge in [-0.25, -0.2) is 0 Å². The van der Waals surface area contributed by atoms with Gasteiger partial charge in [0, 0.05) is 30.1 Å². The molecule has 0 aromatic rings. The molecule has 1 aliphatic heterocycles. The first-order chi connectivity index (χ1) is 9.49. The van der Waals surface area contributed by atoms with Crippen LogP contribution in [-0.4, -0.2) is 45.6 Å². The average molecular weight is 428 g/mol. The van der Waals surface area contributed by atoms with E-state index in [4.69, 9.17) is 0 Å². The molecule has 0 aromatic heterocycles. The van der Waals surface area contributed by atoms with E-state index >= 15 is 0 Å². The van der Waals surface area contributed by atoms with Crippen molar-refractivity contribution in [1.29, 1.82) is 0 Å². The van der Waals surface area contributed by atoms with Crippen LogP contribution in [0.25, 0.3) is 0 Å². The van der Waals surface area contributed by atoms with Crippen LogP contribution in [0.4, 0.5) is 0 Å². The van der Waals surface area contributed by atoms with Gasteiger partial charge in [0.05, 0.1) is 0 Å². The van der Waals surface area contributed by atoms with Crippen LogP contribution < -0.4 is 0 Å². The maximum absolute atomic E-state index is 2.61. The Morgan fingerprint density at radius 3 is 0.818 bits per heavy atom. The molecule has 0 fully saturated rings. The maximum atomic E-state index is 2.61. The fourth-order valence-corrected chi connectivity index (χ4v) is 94.9. The molecule has 0 N–H and O–H groups in total. The quantitative estimate of drug-likeness (QED) is 0.482. The Morgan fingerprint density at radius 2 is 0.773 bits per heavy atom. The van der Waals surface area contributed by atoms with Crippen LogP contribution in [0.1, 0.15) is 27.7 Å². The molecule has 0 aromatic carbocycles. The van der Waals surface area contributed by atoms with E-state index in [-0.39, 0.29) is 22.8 Å². The van der Waals surface area contributed by atoms with E-state index < -0.39 is 22.8 Å². The van der Waals surface area contributed by atoms with Crippen molar-refractivity contribution in [3.8, 4) is 0 Å². The molecule has 0 saturated carbocycles. The van der Waals surface area contributed by atoms with Crippen molar-refractivity contribution in [2.75, 3.05) is 0 Å². The predicted octanol–water partition coefficient (Wildman–Crippen LogP) is 6.02. The Bertz CT molecular complexity index is 401. The Hall–Kier alpha value is 0.890. The van der Waals surface area contributed by atoms with E-state index in [1.54, 1.807) is 20.0 Å². The molecule has 5 heteroatoms. The molecule has 3 radical (unpaired) electrons. The van der Waals surface area contributed by atoms with Crippen molar-refractivity contribution < 1.29 is 0 Å². The Balaban J connectivity index is 0.000000425. The van der Waals surface area contributed by atoms with Crippen LogP contribution in [0.2, 0.25) is 58.9 Å². The van der Waals surface area contributed by atoms with Crippen LogP contribution >= 0.6 is 0 Å². The second-order valence-corrected chi connectivity index (χ2v) is 50.2. The molecule has 1 rings (SSSR count). The molecular weight excluding hydrogens is 389 g/mol. The average Bonchev–Trinajstić information content (AvgIpc) is 2.39. The van der Waals surface area contributed by atoms with E-state index in [9.17, 15) is 0 Å². The summed E-state index contributed by atoms with van der Waals surface area (Å²) in [5, 5.41) is 0. The van der Waals surface area contributed by atoms with Crippen LogP contribution in [0, 0.1) is 0 Å². The van der Waals surface area contributed by atoms with E-state index in [2.05, 4.69) is 86.6 Å². The van der Waals surface area contributed by atoms with E-state index in [1.807, 2.05) is 0 Å². The summed E-state index contributed by atoms with van der Waals surface area (Å²) < 4.78 is 3.34. The largest absolute Gasteiger partial charge is 0.0721 e. The first-order valence-corrected chi connectivity index (χ1v) is 25.6. The Kier molecular flexibility index (Phi) is 8.17. The van der Waals surface area contributed by atoms with Crippen molar-refractivity contribution in [2.24, 2.45) is 0 Å². The SMILES string of the molecule is C[C]1=C(C)C(C)=[C](C)[Ge]1.C[Si](C)(C)[Si]([Si](C)(C)C)[Si](C)(C)C. The summed E-state index contributed by atoms with van der Waals surface area (Å²) in [4.78, 5) is 0. The van der Waals surface area contributed by atoms with Crippen LogP contribution in [0.5, 0.6) is 0 Å². The van der Waals surface area contributed by atoms with Crippen molar-refractivity contribution in [2.45, 2.75) is 86.6 Å². The van der Waals surface area contributed by atoms with Crippen molar-refractivity contribution in [3.63, 3.8) is 0 Å². The number of rotatable bonds is 3. The van der Waals surface area contributed by atoms with Gasteiger partial charge in [-0.1, -0.05) is 58.9 Å². The molecule has 1 heterocycles. The summed E-state index contributed by atoms with van der Waals surface area (Å²) in [6.45, 7) is 32.5. The van der Waals surface area contributed by atoms with Gasteiger partial charge in [-0.05, 0) is 0 Å². The van der Waals surface area contributed by atoms with Crippen LogP contribution in [0.3, 0.4) is 0 Å². The zero-order valence-electron chi connectivity index (χ0n) is 17.5. The zero-order valence-corrected chi connectivity index (χ0v) is 23.6. The first kappa shape index (κ1) is 22.9. The third-order valence-electron chi connectivity index (χ3n) is 4.31. The monoisotopic (exact) mass is 429 g/mol. The molecule has 0 nitrogen and oxygen atoms in total. The summed E-state index contributed by atoms with van der Waals surface area (Å²) in [6.07, 6.45) is 0. The molecular formula is C17H39GeSi4. The second-order valence-electron chi connectivity index (χ2n) is 9.75. The van der Waals surface area contributed by atoms with Gasteiger partial charge in [0.15, 0.2) is 0 Å². The summed E-state index contributed by atoms with van der Waals surface area (Å²) >= 11 is 0.171. The number of hydrogen-bond acceptors (Lipinski definition) is 0. The van der Waals surface area contributed by atoms with Crippen LogP contribution in [0.15, 0.2) is 20.0 Å². The minimum atomic E-state index is -0.832. The van der Waals surface area contributed by atoms with Gasteiger partial charge >= 0.3 is 63.1 Å². The van der Waals surface area contributed by atoms with Gasteiger partial charge in [-0.15, -0.1) is 0 Å². The fourth-order valence-electron chi connectivity index (χ4n) is 4.41.